The fourth-order valence-corrected chi connectivity index (χ4v) is 4.13. The molecule has 0 aliphatic carbocycles. The summed E-state index contributed by atoms with van der Waals surface area (Å²) in [4.78, 5) is 0. The Kier molecular flexibility index (Phi) is 13.0. The van der Waals surface area contributed by atoms with Crippen molar-refractivity contribution in [3.63, 3.8) is 0 Å². The molecule has 0 saturated heterocycles. The maximum absolute atomic E-state index is 10.0. The Morgan fingerprint density at radius 2 is 1.41 bits per heavy atom. The Hall–Kier alpha value is -0.900. The molecule has 0 spiro atoms. The second-order valence-electron chi connectivity index (χ2n) is 9.88. The molecule has 3 nitrogen and oxygen atoms in total. The van der Waals surface area contributed by atoms with Crippen LogP contribution in [0, 0.1) is 17.3 Å². The van der Waals surface area contributed by atoms with E-state index in [0.29, 0.717) is 12.3 Å². The molecule has 3 unspecified atom stereocenters. The Bertz CT molecular complexity index is 543. The second-order valence-corrected chi connectivity index (χ2v) is 9.88. The number of aliphatic hydroxyl groups is 3. The first-order valence-corrected chi connectivity index (χ1v) is 11.4. The van der Waals surface area contributed by atoms with Gasteiger partial charge >= 0.3 is 0 Å². The molecule has 0 heterocycles. The lowest BCUT2D eigenvalue weighted by atomic mass is 9.67. The van der Waals surface area contributed by atoms with Crippen LogP contribution in [-0.2, 0) is 0 Å². The molecule has 0 saturated carbocycles. The van der Waals surface area contributed by atoms with Gasteiger partial charge in [0.05, 0.1) is 0 Å². The standard InChI is InChI=1S/C26H48O3/c1-9-24(26(27,28)29)25(8,18-16-22(6)14-10-12-20(2)3)19-17-23(7)15-11-13-21(4)5/h12-13,16,23-24,27-29H,9-11,14-15,17-19H2,1-8H3/b22-16-. The minimum Gasteiger partial charge on any atom is -0.343 e. The van der Waals surface area contributed by atoms with E-state index >= 15 is 0 Å². The lowest BCUT2D eigenvalue weighted by molar-refractivity contribution is -0.359. The average molecular weight is 409 g/mol. The monoisotopic (exact) mass is 408 g/mol. The highest BCUT2D eigenvalue weighted by molar-refractivity contribution is 5.05. The summed E-state index contributed by atoms with van der Waals surface area (Å²) in [7, 11) is 0. The minimum absolute atomic E-state index is 0.366. The number of allylic oxidation sites excluding steroid dienone is 6. The van der Waals surface area contributed by atoms with Crippen molar-refractivity contribution in [2.75, 3.05) is 0 Å². The van der Waals surface area contributed by atoms with E-state index in [2.05, 4.69) is 66.7 Å². The molecule has 0 aromatic heterocycles. The molecule has 0 aliphatic heterocycles. The first kappa shape index (κ1) is 28.1. The molecule has 0 aromatic rings. The van der Waals surface area contributed by atoms with Crippen molar-refractivity contribution >= 4 is 0 Å². The van der Waals surface area contributed by atoms with Crippen molar-refractivity contribution < 1.29 is 15.3 Å². The molecule has 3 N–H and O–H groups in total. The lowest BCUT2D eigenvalue weighted by Crippen LogP contribution is -2.46. The van der Waals surface area contributed by atoms with E-state index in [4.69, 9.17) is 0 Å². The highest BCUT2D eigenvalue weighted by Crippen LogP contribution is 2.44. The van der Waals surface area contributed by atoms with Crippen LogP contribution in [0.5, 0.6) is 0 Å². The Balaban J connectivity index is 5.21. The van der Waals surface area contributed by atoms with E-state index in [-0.39, 0.29) is 5.41 Å². The third kappa shape index (κ3) is 12.4. The van der Waals surface area contributed by atoms with Crippen LogP contribution in [0.4, 0.5) is 0 Å². The molecule has 0 bridgehead atoms. The van der Waals surface area contributed by atoms with Crippen LogP contribution in [-0.4, -0.2) is 21.3 Å². The molecule has 0 radical (unpaired) electrons. The number of rotatable bonds is 14. The molecule has 0 rings (SSSR count). The van der Waals surface area contributed by atoms with Gasteiger partial charge in [-0.3, -0.25) is 0 Å². The molecule has 0 amide bonds. The second kappa shape index (κ2) is 13.4. The van der Waals surface area contributed by atoms with Crippen LogP contribution in [0.15, 0.2) is 34.9 Å². The maximum atomic E-state index is 10.0. The average Bonchev–Trinajstić information content (AvgIpc) is 2.57. The predicted octanol–water partition coefficient (Wildman–Crippen LogP) is 6.90. The summed E-state index contributed by atoms with van der Waals surface area (Å²) >= 11 is 0. The highest BCUT2D eigenvalue weighted by Gasteiger charge is 2.44. The zero-order valence-electron chi connectivity index (χ0n) is 20.4. The van der Waals surface area contributed by atoms with Gasteiger partial charge in [0.25, 0.3) is 5.97 Å². The topological polar surface area (TPSA) is 60.7 Å². The summed E-state index contributed by atoms with van der Waals surface area (Å²) in [5, 5.41) is 30.1. The molecule has 0 aliphatic rings. The summed E-state index contributed by atoms with van der Waals surface area (Å²) in [5.41, 5.74) is 3.64. The van der Waals surface area contributed by atoms with Gasteiger partial charge in [-0.15, -0.1) is 0 Å². The predicted molar refractivity (Wildman–Crippen MR) is 125 cm³/mol. The fourth-order valence-electron chi connectivity index (χ4n) is 4.13. The van der Waals surface area contributed by atoms with E-state index in [1.54, 1.807) is 0 Å². The van der Waals surface area contributed by atoms with Gasteiger partial charge in [0.15, 0.2) is 0 Å². The van der Waals surface area contributed by atoms with Gasteiger partial charge in [-0.2, -0.15) is 0 Å². The van der Waals surface area contributed by atoms with E-state index in [1.807, 2.05) is 6.92 Å². The largest absolute Gasteiger partial charge is 0.343 e. The summed E-state index contributed by atoms with van der Waals surface area (Å²) in [5.74, 6) is -2.66. The smallest absolute Gasteiger partial charge is 0.278 e. The molecule has 29 heavy (non-hydrogen) atoms. The molecule has 0 aromatic carbocycles. The Morgan fingerprint density at radius 3 is 1.90 bits per heavy atom. The Labute approximate surface area is 180 Å². The zero-order valence-corrected chi connectivity index (χ0v) is 20.4. The van der Waals surface area contributed by atoms with Gasteiger partial charge in [-0.25, -0.2) is 0 Å². The highest BCUT2D eigenvalue weighted by atomic mass is 16.7. The van der Waals surface area contributed by atoms with E-state index < -0.39 is 11.9 Å². The van der Waals surface area contributed by atoms with E-state index in [0.717, 1.165) is 44.9 Å². The van der Waals surface area contributed by atoms with Crippen molar-refractivity contribution in [1.82, 2.24) is 0 Å². The number of hydrogen-bond donors (Lipinski definition) is 3. The summed E-state index contributed by atoms with van der Waals surface area (Å²) in [6.07, 6.45) is 14.2. The number of hydrogen-bond acceptors (Lipinski definition) is 3. The van der Waals surface area contributed by atoms with Crippen LogP contribution < -0.4 is 0 Å². The van der Waals surface area contributed by atoms with E-state index in [1.165, 1.54) is 16.7 Å². The van der Waals surface area contributed by atoms with Crippen LogP contribution in [0.25, 0.3) is 0 Å². The van der Waals surface area contributed by atoms with Crippen molar-refractivity contribution in [1.29, 1.82) is 0 Å². The summed E-state index contributed by atoms with van der Waals surface area (Å²) in [6.45, 7) is 16.9. The summed E-state index contributed by atoms with van der Waals surface area (Å²) < 4.78 is 0. The van der Waals surface area contributed by atoms with Crippen molar-refractivity contribution in [3.05, 3.63) is 34.9 Å². The van der Waals surface area contributed by atoms with Gasteiger partial charge in [0, 0.05) is 5.92 Å². The van der Waals surface area contributed by atoms with E-state index in [9.17, 15) is 15.3 Å². The normalized spacial score (nSPS) is 16.7. The lowest BCUT2D eigenvalue weighted by Gasteiger charge is -2.41. The maximum Gasteiger partial charge on any atom is 0.278 e. The van der Waals surface area contributed by atoms with Crippen LogP contribution in [0.2, 0.25) is 0 Å². The first-order valence-electron chi connectivity index (χ1n) is 11.4. The molecule has 3 heteroatoms. The van der Waals surface area contributed by atoms with Crippen LogP contribution in [0.3, 0.4) is 0 Å². The third-order valence-corrected chi connectivity index (χ3v) is 6.15. The van der Waals surface area contributed by atoms with Gasteiger partial charge < -0.3 is 15.3 Å². The SMILES string of the molecule is CCC(C(O)(O)O)C(C)(C/C=C(/C)CCC=C(C)C)CCC(C)CCC=C(C)C. The molecule has 0 fully saturated rings. The van der Waals surface area contributed by atoms with Crippen molar-refractivity contribution in [2.45, 2.75) is 113 Å². The van der Waals surface area contributed by atoms with Crippen molar-refractivity contribution in [2.24, 2.45) is 17.3 Å². The minimum atomic E-state index is -2.64. The van der Waals surface area contributed by atoms with Gasteiger partial charge in [-0.05, 0) is 90.9 Å². The zero-order chi connectivity index (χ0) is 22.7. The molecule has 170 valence electrons. The quantitative estimate of drug-likeness (QED) is 0.216. The van der Waals surface area contributed by atoms with Gasteiger partial charge in [0.1, 0.15) is 0 Å². The van der Waals surface area contributed by atoms with Crippen LogP contribution >= 0.6 is 0 Å². The molecule has 3 atom stereocenters. The van der Waals surface area contributed by atoms with Crippen molar-refractivity contribution in [3.8, 4) is 0 Å². The van der Waals surface area contributed by atoms with Gasteiger partial charge in [-0.1, -0.05) is 62.1 Å². The Morgan fingerprint density at radius 1 is 0.862 bits per heavy atom. The molecular weight excluding hydrogens is 360 g/mol. The fraction of sp³-hybridized carbons (Fsp3) is 0.769. The molecular formula is C26H48O3. The third-order valence-electron chi connectivity index (χ3n) is 6.15. The van der Waals surface area contributed by atoms with Crippen LogP contribution in [0.1, 0.15) is 107 Å². The van der Waals surface area contributed by atoms with Gasteiger partial charge in [0.2, 0.25) is 0 Å². The first-order chi connectivity index (χ1) is 13.3. The summed E-state index contributed by atoms with van der Waals surface area (Å²) in [6, 6.07) is 0.